The number of fused-ring (bicyclic) bond motifs is 1. The highest BCUT2D eigenvalue weighted by molar-refractivity contribution is 7.99. The number of rotatable bonds is 9. The van der Waals surface area contributed by atoms with Gasteiger partial charge in [0.1, 0.15) is 5.52 Å². The van der Waals surface area contributed by atoms with E-state index in [9.17, 15) is 13.2 Å². The summed E-state index contributed by atoms with van der Waals surface area (Å²) in [7, 11) is 0. The fourth-order valence-corrected chi connectivity index (χ4v) is 7.15. The molecule has 3 heterocycles. The van der Waals surface area contributed by atoms with Gasteiger partial charge in [-0.3, -0.25) is 0 Å². The standard InChI is InChI=1S/C31H41F3N6OS/c1-20-11-13-22(14-12-20)17-40-26-27(35-21(2)23-9-6-10-23)36-29(42-19-31(32,33)34)37-28(26)38-30(40)39-15-16-41-18-25(39)24-7-4-3-5-8-24/h3-5,7-8,20-23,25H,6,9-19H2,1-2H3,(H,35,36,37)/t20?,21-,22?,25+/m1/s1. The van der Waals surface area contributed by atoms with Crippen LogP contribution in [0.5, 0.6) is 0 Å². The predicted octanol–water partition coefficient (Wildman–Crippen LogP) is 7.49. The average Bonchev–Trinajstić information content (AvgIpc) is 3.30. The number of hydrogen-bond acceptors (Lipinski definition) is 7. The van der Waals surface area contributed by atoms with Gasteiger partial charge in [0.15, 0.2) is 16.6 Å². The number of nitrogens with one attached hydrogen (secondary N) is 1. The summed E-state index contributed by atoms with van der Waals surface area (Å²) in [6.07, 6.45) is 3.90. The lowest BCUT2D eigenvalue weighted by Crippen LogP contribution is -2.41. The first-order chi connectivity index (χ1) is 20.2. The minimum absolute atomic E-state index is 0.0285. The van der Waals surface area contributed by atoms with E-state index < -0.39 is 11.9 Å². The van der Waals surface area contributed by atoms with Crippen molar-refractivity contribution in [3.05, 3.63) is 35.9 Å². The summed E-state index contributed by atoms with van der Waals surface area (Å²) in [5.41, 5.74) is 2.40. The average molecular weight is 603 g/mol. The van der Waals surface area contributed by atoms with Crippen LogP contribution in [0, 0.1) is 17.8 Å². The second kappa shape index (κ2) is 12.6. The molecule has 3 aliphatic rings. The van der Waals surface area contributed by atoms with E-state index in [0.29, 0.717) is 54.8 Å². The molecule has 0 amide bonds. The number of thioether (sulfide) groups is 1. The molecular weight excluding hydrogens is 561 g/mol. The van der Waals surface area contributed by atoms with E-state index in [1.54, 1.807) is 0 Å². The molecule has 0 unspecified atom stereocenters. The second-order valence-electron chi connectivity index (χ2n) is 12.4. The van der Waals surface area contributed by atoms with Crippen molar-refractivity contribution >= 4 is 34.7 Å². The normalized spacial score (nSPS) is 24.5. The highest BCUT2D eigenvalue weighted by Crippen LogP contribution is 2.39. The van der Waals surface area contributed by atoms with Crippen molar-refractivity contribution < 1.29 is 17.9 Å². The monoisotopic (exact) mass is 602 g/mol. The van der Waals surface area contributed by atoms with Crippen LogP contribution < -0.4 is 10.2 Å². The first kappa shape index (κ1) is 29.5. The predicted molar refractivity (Wildman–Crippen MR) is 161 cm³/mol. The number of hydrogen-bond donors (Lipinski definition) is 1. The summed E-state index contributed by atoms with van der Waals surface area (Å²) in [5.74, 6) is 2.11. The Morgan fingerprint density at radius 3 is 2.50 bits per heavy atom. The van der Waals surface area contributed by atoms with Crippen molar-refractivity contribution in [3.63, 3.8) is 0 Å². The van der Waals surface area contributed by atoms with Gasteiger partial charge in [0, 0.05) is 19.1 Å². The molecule has 228 valence electrons. The molecule has 1 aromatic carbocycles. The van der Waals surface area contributed by atoms with E-state index in [4.69, 9.17) is 14.7 Å². The third-order valence-corrected chi connectivity index (χ3v) is 10.2. The molecule has 42 heavy (non-hydrogen) atoms. The minimum atomic E-state index is -4.31. The quantitative estimate of drug-likeness (QED) is 0.201. The lowest BCUT2D eigenvalue weighted by Gasteiger charge is -2.37. The van der Waals surface area contributed by atoms with E-state index in [-0.39, 0.29) is 17.2 Å². The SMILES string of the molecule is CC1CCC(Cn2c(N3CCOC[C@H]3c3ccccc3)nc3nc(SCC(F)(F)F)nc(N[C@H](C)C4CCC4)c32)CC1. The smallest absolute Gasteiger partial charge is 0.377 e. The van der Waals surface area contributed by atoms with Crippen molar-refractivity contribution in [3.8, 4) is 0 Å². The zero-order valence-corrected chi connectivity index (χ0v) is 25.3. The van der Waals surface area contributed by atoms with E-state index in [0.717, 1.165) is 55.2 Å². The van der Waals surface area contributed by atoms with E-state index in [1.807, 2.05) is 18.2 Å². The van der Waals surface area contributed by atoms with Crippen molar-refractivity contribution in [2.45, 2.75) is 88.8 Å². The molecule has 3 fully saturated rings. The maximum Gasteiger partial charge on any atom is 0.398 e. The molecular formula is C31H41F3N6OS. The van der Waals surface area contributed by atoms with Crippen LogP contribution >= 0.6 is 11.8 Å². The fourth-order valence-electron chi connectivity index (χ4n) is 6.55. The summed E-state index contributed by atoms with van der Waals surface area (Å²) in [4.78, 5) is 16.7. The Bertz CT molecular complexity index is 1340. The summed E-state index contributed by atoms with van der Waals surface area (Å²) in [6.45, 7) is 7.03. The Kier molecular flexibility index (Phi) is 8.86. The van der Waals surface area contributed by atoms with E-state index in [2.05, 4.69) is 45.7 Å². The number of alkyl halides is 3. The Balaban J connectivity index is 1.45. The van der Waals surface area contributed by atoms with Gasteiger partial charge in [0.05, 0.1) is 25.0 Å². The highest BCUT2D eigenvalue weighted by atomic mass is 32.2. The van der Waals surface area contributed by atoms with Crippen molar-refractivity contribution in [2.24, 2.45) is 17.8 Å². The Morgan fingerprint density at radius 1 is 1.05 bits per heavy atom. The Labute approximate surface area is 250 Å². The van der Waals surface area contributed by atoms with Gasteiger partial charge in [0.2, 0.25) is 5.95 Å². The second-order valence-corrected chi connectivity index (χ2v) is 13.3. The molecule has 7 nitrogen and oxygen atoms in total. The maximum atomic E-state index is 13.2. The molecule has 3 aromatic rings. The molecule has 2 saturated carbocycles. The first-order valence-electron chi connectivity index (χ1n) is 15.4. The molecule has 2 atom stereocenters. The maximum absolute atomic E-state index is 13.2. The molecule has 2 aromatic heterocycles. The number of imidazole rings is 1. The number of morpholine rings is 1. The lowest BCUT2D eigenvalue weighted by molar-refractivity contribution is -0.105. The molecule has 2 aliphatic carbocycles. The first-order valence-corrected chi connectivity index (χ1v) is 16.4. The van der Waals surface area contributed by atoms with Gasteiger partial charge in [-0.1, -0.05) is 68.3 Å². The van der Waals surface area contributed by atoms with Crippen molar-refractivity contribution in [1.82, 2.24) is 19.5 Å². The number of anilines is 2. The van der Waals surface area contributed by atoms with Gasteiger partial charge in [0.25, 0.3) is 0 Å². The Hall–Kier alpha value is -2.53. The van der Waals surface area contributed by atoms with Crippen LogP contribution in [0.2, 0.25) is 0 Å². The number of halogens is 3. The number of ether oxygens (including phenoxy) is 1. The molecule has 1 N–H and O–H groups in total. The van der Waals surface area contributed by atoms with Crippen LogP contribution in [-0.4, -0.2) is 57.2 Å². The fraction of sp³-hybridized carbons (Fsp3) is 0.645. The summed E-state index contributed by atoms with van der Waals surface area (Å²) >= 11 is 0.626. The highest BCUT2D eigenvalue weighted by Gasteiger charge is 2.34. The van der Waals surface area contributed by atoms with Crippen molar-refractivity contribution in [1.29, 1.82) is 0 Å². The largest absolute Gasteiger partial charge is 0.398 e. The van der Waals surface area contributed by atoms with Crippen LogP contribution in [0.25, 0.3) is 11.2 Å². The van der Waals surface area contributed by atoms with Crippen LogP contribution in [0.3, 0.4) is 0 Å². The molecule has 0 radical (unpaired) electrons. The summed E-state index contributed by atoms with van der Waals surface area (Å²) in [5, 5.41) is 3.72. The zero-order valence-electron chi connectivity index (χ0n) is 24.4. The van der Waals surface area contributed by atoms with Crippen molar-refractivity contribution in [2.75, 3.05) is 35.7 Å². The van der Waals surface area contributed by atoms with Gasteiger partial charge in [-0.15, -0.1) is 0 Å². The molecule has 0 spiro atoms. The van der Waals surface area contributed by atoms with Crippen LogP contribution in [0.1, 0.15) is 70.4 Å². The van der Waals surface area contributed by atoms with Gasteiger partial charge < -0.3 is 19.5 Å². The van der Waals surface area contributed by atoms with Crippen LogP contribution in [0.4, 0.5) is 24.9 Å². The van der Waals surface area contributed by atoms with E-state index >= 15 is 0 Å². The topological polar surface area (TPSA) is 68.1 Å². The lowest BCUT2D eigenvalue weighted by atomic mass is 9.80. The number of benzene rings is 1. The van der Waals surface area contributed by atoms with E-state index in [1.165, 1.54) is 19.3 Å². The zero-order chi connectivity index (χ0) is 29.3. The van der Waals surface area contributed by atoms with Gasteiger partial charge in [-0.2, -0.15) is 18.2 Å². The number of aromatic nitrogens is 4. The molecule has 1 saturated heterocycles. The summed E-state index contributed by atoms with van der Waals surface area (Å²) < 4.78 is 47.8. The van der Waals surface area contributed by atoms with Gasteiger partial charge in [-0.25, -0.2) is 9.97 Å². The molecule has 0 bridgehead atoms. The molecule has 6 rings (SSSR count). The Morgan fingerprint density at radius 2 is 1.81 bits per heavy atom. The minimum Gasteiger partial charge on any atom is -0.377 e. The third kappa shape index (κ3) is 6.67. The number of nitrogens with zero attached hydrogens (tertiary/aromatic N) is 5. The van der Waals surface area contributed by atoms with Crippen LogP contribution in [0.15, 0.2) is 35.5 Å². The third-order valence-electron chi connectivity index (χ3n) is 9.29. The van der Waals surface area contributed by atoms with Crippen LogP contribution in [-0.2, 0) is 11.3 Å². The molecule has 11 heteroatoms. The van der Waals surface area contributed by atoms with Gasteiger partial charge in [-0.05, 0) is 55.9 Å². The molecule has 1 aliphatic heterocycles. The van der Waals surface area contributed by atoms with Gasteiger partial charge >= 0.3 is 6.18 Å². The summed E-state index contributed by atoms with van der Waals surface area (Å²) in [6, 6.07) is 10.4.